The molecule has 2 rings (SSSR count). The molecule has 0 saturated carbocycles. The fourth-order valence-corrected chi connectivity index (χ4v) is 1.22. The smallest absolute Gasteiger partial charge is 0.0919 e. The zero-order valence-electron chi connectivity index (χ0n) is 6.36. The Hall–Kier alpha value is -1.88. The number of hydrogen-bond acceptors (Lipinski definition) is 2. The van der Waals surface area contributed by atoms with E-state index < -0.39 is 0 Å². The van der Waals surface area contributed by atoms with Crippen molar-refractivity contribution in [3.63, 3.8) is 0 Å². The summed E-state index contributed by atoms with van der Waals surface area (Å²) in [6.07, 6.45) is 3.23. The number of aliphatic imine (C=N–C) groups is 1. The Morgan fingerprint density at radius 2 is 2.17 bits per heavy atom. The number of nitriles is 1. The van der Waals surface area contributed by atoms with Crippen LogP contribution in [0.5, 0.6) is 0 Å². The van der Waals surface area contributed by atoms with Gasteiger partial charge in [-0.15, -0.1) is 0 Å². The summed E-state index contributed by atoms with van der Waals surface area (Å²) in [4.78, 5) is 4.15. The molecule has 1 aromatic carbocycles. The molecule has 1 aliphatic rings. The maximum absolute atomic E-state index is 8.46. The van der Waals surface area contributed by atoms with Gasteiger partial charge < -0.3 is 0 Å². The van der Waals surface area contributed by atoms with Crippen LogP contribution >= 0.6 is 0 Å². The van der Waals surface area contributed by atoms with Gasteiger partial charge in [0.15, 0.2) is 0 Å². The van der Waals surface area contributed by atoms with Crippen molar-refractivity contribution in [3.05, 3.63) is 35.9 Å². The van der Waals surface area contributed by atoms with E-state index in [-0.39, 0.29) is 0 Å². The molecule has 2 heteroatoms. The Balaban J connectivity index is 2.58. The summed E-state index contributed by atoms with van der Waals surface area (Å²) >= 11 is 0. The van der Waals surface area contributed by atoms with Gasteiger partial charge in [0, 0.05) is 23.4 Å². The van der Waals surface area contributed by atoms with Crippen LogP contribution in [0.4, 0.5) is 5.69 Å². The molecular weight excluding hydrogens is 148 g/mol. The maximum Gasteiger partial charge on any atom is 0.0919 e. The van der Waals surface area contributed by atoms with Crippen LogP contribution in [-0.4, -0.2) is 6.21 Å². The maximum atomic E-state index is 8.46. The standard InChI is InChI=1S/C10H6N2/c11-6-5-8-7-12-10-4-2-1-3-9(8)10/h1-5,7H. The van der Waals surface area contributed by atoms with E-state index in [0.717, 1.165) is 16.8 Å². The van der Waals surface area contributed by atoms with Crippen molar-refractivity contribution in [1.82, 2.24) is 0 Å². The molecule has 12 heavy (non-hydrogen) atoms. The van der Waals surface area contributed by atoms with Crippen molar-refractivity contribution >= 4 is 17.5 Å². The lowest BCUT2D eigenvalue weighted by Gasteiger charge is -1.94. The first-order chi connectivity index (χ1) is 5.92. The summed E-state index contributed by atoms with van der Waals surface area (Å²) < 4.78 is 0. The second-order valence-electron chi connectivity index (χ2n) is 2.50. The molecule has 0 bridgehead atoms. The van der Waals surface area contributed by atoms with Crippen LogP contribution in [0.3, 0.4) is 0 Å². The van der Waals surface area contributed by atoms with Crippen molar-refractivity contribution < 1.29 is 0 Å². The largest absolute Gasteiger partial charge is 0.256 e. The lowest BCUT2D eigenvalue weighted by molar-refractivity contribution is 1.53. The first-order valence-corrected chi connectivity index (χ1v) is 3.65. The van der Waals surface area contributed by atoms with Gasteiger partial charge in [0.1, 0.15) is 0 Å². The van der Waals surface area contributed by atoms with Gasteiger partial charge in [0.2, 0.25) is 0 Å². The zero-order chi connectivity index (χ0) is 8.39. The van der Waals surface area contributed by atoms with Gasteiger partial charge in [-0.3, -0.25) is 4.99 Å². The van der Waals surface area contributed by atoms with E-state index in [2.05, 4.69) is 4.99 Å². The molecular formula is C10H6N2. The van der Waals surface area contributed by atoms with Crippen molar-refractivity contribution in [2.45, 2.75) is 0 Å². The molecule has 2 nitrogen and oxygen atoms in total. The van der Waals surface area contributed by atoms with Gasteiger partial charge in [-0.25, -0.2) is 0 Å². The number of para-hydroxylation sites is 1. The van der Waals surface area contributed by atoms with E-state index in [1.165, 1.54) is 6.08 Å². The highest BCUT2D eigenvalue weighted by molar-refractivity contribution is 6.16. The minimum absolute atomic E-state index is 0.896. The van der Waals surface area contributed by atoms with Crippen LogP contribution in [0.25, 0.3) is 5.57 Å². The topological polar surface area (TPSA) is 36.1 Å². The summed E-state index contributed by atoms with van der Waals surface area (Å²) in [5.74, 6) is 0. The van der Waals surface area contributed by atoms with Crippen molar-refractivity contribution in [3.8, 4) is 6.07 Å². The van der Waals surface area contributed by atoms with E-state index >= 15 is 0 Å². The second-order valence-corrected chi connectivity index (χ2v) is 2.50. The van der Waals surface area contributed by atoms with Gasteiger partial charge in [-0.1, -0.05) is 18.2 Å². The average Bonchev–Trinajstić information content (AvgIpc) is 2.50. The molecule has 0 unspecified atom stereocenters. The number of allylic oxidation sites excluding steroid dienone is 2. The highest BCUT2D eigenvalue weighted by Gasteiger charge is 2.09. The van der Waals surface area contributed by atoms with Gasteiger partial charge in [0.25, 0.3) is 0 Å². The van der Waals surface area contributed by atoms with E-state index in [4.69, 9.17) is 5.26 Å². The third-order valence-electron chi connectivity index (χ3n) is 1.78. The second kappa shape index (κ2) is 2.63. The van der Waals surface area contributed by atoms with Crippen LogP contribution < -0.4 is 0 Å². The zero-order valence-corrected chi connectivity index (χ0v) is 6.36. The van der Waals surface area contributed by atoms with E-state index in [0.29, 0.717) is 0 Å². The number of hydrogen-bond donors (Lipinski definition) is 0. The third kappa shape index (κ3) is 0.923. The molecule has 1 aromatic rings. The SMILES string of the molecule is N#CC=C1C=Nc2ccccc21. The van der Waals surface area contributed by atoms with Gasteiger partial charge in [-0.2, -0.15) is 5.26 Å². The molecule has 1 heterocycles. The minimum atomic E-state index is 0.896. The van der Waals surface area contributed by atoms with Crippen LogP contribution in [0.15, 0.2) is 35.3 Å². The quantitative estimate of drug-likeness (QED) is 0.528. The summed E-state index contributed by atoms with van der Waals surface area (Å²) in [6.45, 7) is 0. The Morgan fingerprint density at radius 1 is 1.33 bits per heavy atom. The number of nitrogens with zero attached hydrogens (tertiary/aromatic N) is 2. The summed E-state index contributed by atoms with van der Waals surface area (Å²) in [7, 11) is 0. The van der Waals surface area contributed by atoms with Gasteiger partial charge >= 0.3 is 0 Å². The van der Waals surface area contributed by atoms with Crippen LogP contribution in [0.1, 0.15) is 5.56 Å². The lowest BCUT2D eigenvalue weighted by Crippen LogP contribution is -1.77. The Labute approximate surface area is 70.5 Å². The summed E-state index contributed by atoms with van der Waals surface area (Å²) in [6, 6.07) is 9.77. The molecule has 0 saturated heterocycles. The fraction of sp³-hybridized carbons (Fsp3) is 0. The lowest BCUT2D eigenvalue weighted by atomic mass is 10.1. The number of fused-ring (bicyclic) bond motifs is 1. The molecule has 56 valence electrons. The van der Waals surface area contributed by atoms with Crippen LogP contribution in [0, 0.1) is 11.3 Å². The van der Waals surface area contributed by atoms with Crippen LogP contribution in [0.2, 0.25) is 0 Å². The average molecular weight is 154 g/mol. The molecule has 0 N–H and O–H groups in total. The number of rotatable bonds is 0. The highest BCUT2D eigenvalue weighted by atomic mass is 14.7. The Bertz CT molecular complexity index is 408. The Kier molecular flexibility index (Phi) is 1.49. The Morgan fingerprint density at radius 3 is 3.00 bits per heavy atom. The minimum Gasteiger partial charge on any atom is -0.256 e. The molecule has 0 radical (unpaired) electrons. The van der Waals surface area contributed by atoms with E-state index in [1.807, 2.05) is 30.3 Å². The van der Waals surface area contributed by atoms with Crippen molar-refractivity contribution in [1.29, 1.82) is 5.26 Å². The van der Waals surface area contributed by atoms with E-state index in [1.54, 1.807) is 6.21 Å². The first-order valence-electron chi connectivity index (χ1n) is 3.65. The molecule has 0 spiro atoms. The highest BCUT2D eigenvalue weighted by Crippen LogP contribution is 2.30. The van der Waals surface area contributed by atoms with Crippen LogP contribution in [-0.2, 0) is 0 Å². The predicted octanol–water partition coefficient (Wildman–Crippen LogP) is 2.31. The molecule has 1 aliphatic heterocycles. The van der Waals surface area contributed by atoms with Crippen molar-refractivity contribution in [2.75, 3.05) is 0 Å². The number of benzene rings is 1. The molecule has 0 fully saturated rings. The normalized spacial score (nSPS) is 16.1. The third-order valence-corrected chi connectivity index (χ3v) is 1.78. The summed E-state index contributed by atoms with van der Waals surface area (Å²) in [5.41, 5.74) is 2.88. The predicted molar refractivity (Wildman–Crippen MR) is 48.2 cm³/mol. The molecule has 0 atom stereocenters. The monoisotopic (exact) mass is 154 g/mol. The summed E-state index contributed by atoms with van der Waals surface area (Å²) in [5, 5.41) is 8.46. The first kappa shape index (κ1) is 6.81. The molecule has 0 aliphatic carbocycles. The molecule has 0 aromatic heterocycles. The molecule has 0 amide bonds. The van der Waals surface area contributed by atoms with Gasteiger partial charge in [0.05, 0.1) is 11.8 Å². The van der Waals surface area contributed by atoms with Crippen molar-refractivity contribution in [2.24, 2.45) is 4.99 Å². The van der Waals surface area contributed by atoms with Gasteiger partial charge in [-0.05, 0) is 6.07 Å². The fourth-order valence-electron chi connectivity index (χ4n) is 1.22. The van der Waals surface area contributed by atoms with E-state index in [9.17, 15) is 0 Å².